The van der Waals surface area contributed by atoms with E-state index in [1.54, 1.807) is 44.1 Å². The molecule has 2 aromatic rings. The first-order valence-electron chi connectivity index (χ1n) is 17.3. The summed E-state index contributed by atoms with van der Waals surface area (Å²) in [7, 11) is -0.472. The molecule has 2 heterocycles. The smallest absolute Gasteiger partial charge is 0.264 e. The van der Waals surface area contributed by atoms with Crippen molar-refractivity contribution in [2.45, 2.75) is 88.1 Å². The van der Waals surface area contributed by atoms with Gasteiger partial charge in [0.2, 0.25) is 10.0 Å². The van der Waals surface area contributed by atoms with Crippen LogP contribution >= 0.6 is 11.6 Å². The molecule has 6 atom stereocenters. The molecule has 0 unspecified atom stereocenters. The minimum atomic E-state index is -3.93. The molecule has 1 N–H and O–H groups in total. The Morgan fingerprint density at radius 2 is 2.00 bits per heavy atom. The van der Waals surface area contributed by atoms with E-state index >= 15 is 0 Å². The zero-order valence-electron chi connectivity index (χ0n) is 28.4. The molecule has 1 spiro atoms. The van der Waals surface area contributed by atoms with E-state index in [2.05, 4.69) is 21.8 Å². The van der Waals surface area contributed by atoms with Crippen LogP contribution in [0, 0.1) is 11.8 Å². The molecule has 9 nitrogen and oxygen atoms in total. The Hall–Kier alpha value is -3.08. The Bertz CT molecular complexity index is 1680. The molecule has 6 rings (SSSR count). The summed E-state index contributed by atoms with van der Waals surface area (Å²) in [5, 5.41) is -0.00704. The molecule has 1 saturated carbocycles. The van der Waals surface area contributed by atoms with Crippen LogP contribution in [0.15, 0.2) is 48.6 Å². The third kappa shape index (κ3) is 6.98. The molecule has 4 aliphatic rings. The highest BCUT2D eigenvalue weighted by Crippen LogP contribution is 2.47. The summed E-state index contributed by atoms with van der Waals surface area (Å²) in [6.07, 6.45) is 9.22. The first kappa shape index (κ1) is 34.8. The van der Waals surface area contributed by atoms with Gasteiger partial charge in [0.15, 0.2) is 0 Å². The van der Waals surface area contributed by atoms with Gasteiger partial charge in [-0.1, -0.05) is 36.7 Å². The molecule has 11 heteroatoms. The predicted octanol–water partition coefficient (Wildman–Crippen LogP) is 5.89. The van der Waals surface area contributed by atoms with Gasteiger partial charge in [-0.2, -0.15) is 0 Å². The number of rotatable bonds is 4. The summed E-state index contributed by atoms with van der Waals surface area (Å²) in [6, 6.07) is 11.4. The van der Waals surface area contributed by atoms with Gasteiger partial charge in [-0.25, -0.2) is 13.1 Å². The maximum absolute atomic E-state index is 13.5. The van der Waals surface area contributed by atoms with Gasteiger partial charge in [-0.3, -0.25) is 9.59 Å². The van der Waals surface area contributed by atoms with Gasteiger partial charge in [-0.15, -0.1) is 0 Å². The average molecular weight is 698 g/mol. The number of sulfonamides is 1. The zero-order chi connectivity index (χ0) is 34.2. The summed E-state index contributed by atoms with van der Waals surface area (Å²) in [4.78, 5) is 30.3. The lowest BCUT2D eigenvalue weighted by atomic mass is 9.68. The largest absolute Gasteiger partial charge is 0.490 e. The monoisotopic (exact) mass is 697 g/mol. The van der Waals surface area contributed by atoms with E-state index in [0.717, 1.165) is 42.8 Å². The fraction of sp³-hybridized carbons (Fsp3) is 0.568. The van der Waals surface area contributed by atoms with Gasteiger partial charge in [0.25, 0.3) is 11.8 Å². The van der Waals surface area contributed by atoms with Crippen molar-refractivity contribution in [3.8, 4) is 5.75 Å². The van der Waals surface area contributed by atoms with Crippen LogP contribution in [0.1, 0.15) is 80.3 Å². The predicted molar refractivity (Wildman–Crippen MR) is 188 cm³/mol. The number of aryl methyl sites for hydroxylation is 1. The number of carbonyl (C=O) groups excluding carboxylic acids is 2. The summed E-state index contributed by atoms with van der Waals surface area (Å²) in [5.41, 5.74) is 3.26. The number of benzene rings is 2. The Morgan fingerprint density at radius 1 is 1.19 bits per heavy atom. The molecule has 1 fully saturated rings. The Balaban J connectivity index is 1.41. The summed E-state index contributed by atoms with van der Waals surface area (Å²) in [6.45, 7) is 5.48. The summed E-state index contributed by atoms with van der Waals surface area (Å²) < 4.78 is 42.3. The van der Waals surface area contributed by atoms with Crippen LogP contribution in [0.3, 0.4) is 0 Å². The Morgan fingerprint density at radius 3 is 2.73 bits per heavy atom. The third-order valence-electron chi connectivity index (χ3n) is 10.9. The molecule has 0 saturated heterocycles. The lowest BCUT2D eigenvalue weighted by molar-refractivity contribution is -0.146. The number of nitrogens with zero attached hydrogens (tertiary/aromatic N) is 2. The van der Waals surface area contributed by atoms with Crippen LogP contribution < -0.4 is 14.4 Å². The molecular formula is C37H48ClN3O6S. The number of anilines is 1. The van der Waals surface area contributed by atoms with Crippen molar-refractivity contribution < 1.29 is 27.5 Å². The van der Waals surface area contributed by atoms with E-state index in [0.29, 0.717) is 44.7 Å². The van der Waals surface area contributed by atoms with E-state index in [4.69, 9.17) is 21.1 Å². The third-order valence-corrected chi connectivity index (χ3v) is 13.1. The highest BCUT2D eigenvalue weighted by Gasteiger charge is 2.45. The Labute approximate surface area is 290 Å². The molecule has 0 aromatic heterocycles. The molecule has 0 radical (unpaired) electrons. The normalized spacial score (nSPS) is 29.6. The lowest BCUT2D eigenvalue weighted by Gasteiger charge is -2.46. The molecule has 2 bridgehead atoms. The van der Waals surface area contributed by atoms with E-state index in [-0.39, 0.29) is 34.8 Å². The second-order valence-corrected chi connectivity index (χ2v) is 16.7. The minimum Gasteiger partial charge on any atom is -0.490 e. The van der Waals surface area contributed by atoms with Gasteiger partial charge < -0.3 is 19.3 Å². The minimum absolute atomic E-state index is 0.0940. The highest BCUT2D eigenvalue weighted by molar-refractivity contribution is 7.90. The van der Waals surface area contributed by atoms with Crippen molar-refractivity contribution in [1.29, 1.82) is 0 Å². The van der Waals surface area contributed by atoms with Crippen LogP contribution in [0.2, 0.25) is 5.02 Å². The van der Waals surface area contributed by atoms with Crippen LogP contribution in [-0.4, -0.2) is 76.4 Å². The van der Waals surface area contributed by atoms with Gasteiger partial charge in [0.05, 0.1) is 23.6 Å². The first-order valence-corrected chi connectivity index (χ1v) is 19.2. The standard InChI is InChI=1S/C37H48ClN3O6S/c1-5-29-10-6-7-11-33(47-24(2)36(43)40(3)4)30-15-12-27(30)21-41-22-37(18-8-9-25-19-28(38)14-16-31(25)37)23-46-34-17-13-26(20-32(34)41)35(42)39-48(29,44)45/h7,11,13-14,16-17,19-20,24,27,29-30,33H,5-6,8-10,12,15,18,21-23H2,1-4H3,(H,39,42)/b11-7-/t24-,27+,29-,30-,33+,37+/m1/s1. The second kappa shape index (κ2) is 14.0. The van der Waals surface area contributed by atoms with Crippen molar-refractivity contribution in [3.05, 3.63) is 70.3 Å². The number of amides is 2. The second-order valence-electron chi connectivity index (χ2n) is 14.3. The fourth-order valence-electron chi connectivity index (χ4n) is 8.10. The number of halogens is 1. The fourth-order valence-corrected chi connectivity index (χ4v) is 9.72. The molecule has 2 aliphatic heterocycles. The summed E-state index contributed by atoms with van der Waals surface area (Å²) >= 11 is 6.44. The van der Waals surface area contributed by atoms with Gasteiger partial charge in [0, 0.05) is 43.2 Å². The van der Waals surface area contributed by atoms with Gasteiger partial charge in [-0.05, 0) is 112 Å². The van der Waals surface area contributed by atoms with Crippen LogP contribution in [0.25, 0.3) is 0 Å². The van der Waals surface area contributed by atoms with E-state index in [1.807, 2.05) is 25.1 Å². The number of fused-ring (bicyclic) bond motifs is 4. The SMILES string of the molecule is CC[C@@H]1CC/C=C\[C@H](O[C@H](C)C(=O)N(C)C)[C@@H]2CC[C@H]2CN2C[C@@]3(CCCc4cc(Cl)ccc43)COc3ccc(cc32)C(=O)NS1(=O)=O. The van der Waals surface area contributed by atoms with Crippen molar-refractivity contribution in [2.24, 2.45) is 11.8 Å². The number of carbonyl (C=O) groups is 2. The zero-order valence-corrected chi connectivity index (χ0v) is 30.0. The van der Waals surface area contributed by atoms with E-state index in [9.17, 15) is 18.0 Å². The Kier molecular flexibility index (Phi) is 10.2. The number of hydrogen-bond donors (Lipinski definition) is 1. The summed E-state index contributed by atoms with van der Waals surface area (Å²) in [5.74, 6) is 0.388. The number of likely N-dealkylation sites (N-methyl/N-ethyl adjacent to an activating group) is 1. The van der Waals surface area contributed by atoms with Crippen molar-refractivity contribution in [3.63, 3.8) is 0 Å². The van der Waals surface area contributed by atoms with Crippen LogP contribution in [0.5, 0.6) is 5.75 Å². The molecule has 2 aromatic carbocycles. The van der Waals surface area contributed by atoms with Gasteiger partial charge in [0.1, 0.15) is 11.9 Å². The molecule has 2 amide bonds. The first-order chi connectivity index (χ1) is 22.9. The van der Waals surface area contributed by atoms with Crippen LogP contribution in [0.4, 0.5) is 5.69 Å². The van der Waals surface area contributed by atoms with Gasteiger partial charge >= 0.3 is 0 Å². The van der Waals surface area contributed by atoms with Crippen LogP contribution in [-0.2, 0) is 31.4 Å². The molecule has 48 heavy (non-hydrogen) atoms. The highest BCUT2D eigenvalue weighted by atomic mass is 35.5. The van der Waals surface area contributed by atoms with Crippen molar-refractivity contribution in [1.82, 2.24) is 9.62 Å². The topological polar surface area (TPSA) is 105 Å². The molecule has 2 aliphatic carbocycles. The number of allylic oxidation sites excluding steroid dienone is 1. The average Bonchev–Trinajstić information content (AvgIpc) is 3.18. The van der Waals surface area contributed by atoms with E-state index < -0.39 is 27.3 Å². The number of hydrogen-bond acceptors (Lipinski definition) is 7. The number of nitrogens with one attached hydrogen (secondary N) is 1. The molecule has 260 valence electrons. The van der Waals surface area contributed by atoms with E-state index in [1.165, 1.54) is 11.1 Å². The lowest BCUT2D eigenvalue weighted by Crippen LogP contribution is -2.50. The quantitative estimate of drug-likeness (QED) is 0.398. The maximum Gasteiger partial charge on any atom is 0.264 e. The molecular weight excluding hydrogens is 650 g/mol. The number of ether oxygens (including phenoxy) is 2. The maximum atomic E-state index is 13.5. The van der Waals surface area contributed by atoms with Crippen molar-refractivity contribution in [2.75, 3.05) is 38.7 Å². The van der Waals surface area contributed by atoms with Crippen molar-refractivity contribution >= 4 is 39.1 Å².